The van der Waals surface area contributed by atoms with E-state index < -0.39 is 12.1 Å². The zero-order valence-electron chi connectivity index (χ0n) is 10.5. The summed E-state index contributed by atoms with van der Waals surface area (Å²) in [6.45, 7) is 4.04. The van der Waals surface area contributed by atoms with E-state index >= 15 is 0 Å². The summed E-state index contributed by atoms with van der Waals surface area (Å²) in [5.41, 5.74) is 0.700. The first-order valence-electron chi connectivity index (χ1n) is 6.08. The number of amides is 2. The fraction of sp³-hybridized carbons (Fsp3) is 0.462. The predicted octanol–water partition coefficient (Wildman–Crippen LogP) is 0.783. The van der Waals surface area contributed by atoms with Crippen molar-refractivity contribution in [1.29, 1.82) is 0 Å². The molecule has 2 unspecified atom stereocenters. The molecule has 0 spiro atoms. The third kappa shape index (κ3) is 2.67. The first-order valence-corrected chi connectivity index (χ1v) is 6.08. The third-order valence-electron chi connectivity index (χ3n) is 2.91. The van der Waals surface area contributed by atoms with Crippen molar-refractivity contribution in [3.8, 4) is 0 Å². The second-order valence-corrected chi connectivity index (χ2v) is 4.92. The molecule has 5 nitrogen and oxygen atoms in total. The molecular weight excluding hydrogens is 230 g/mol. The molecule has 2 rings (SSSR count). The quantitative estimate of drug-likeness (QED) is 0.829. The highest BCUT2D eigenvalue weighted by Crippen LogP contribution is 2.17. The molecule has 2 heterocycles. The van der Waals surface area contributed by atoms with Crippen molar-refractivity contribution in [1.82, 2.24) is 15.6 Å². The average Bonchev–Trinajstić information content (AvgIpc) is 2.34. The maximum atomic E-state index is 12.0. The second kappa shape index (κ2) is 5.16. The van der Waals surface area contributed by atoms with Gasteiger partial charge in [0.05, 0.1) is 0 Å². The fourth-order valence-electron chi connectivity index (χ4n) is 2.05. The number of piperazine rings is 1. The molecular formula is C13H17N3O2. The van der Waals surface area contributed by atoms with Gasteiger partial charge in [-0.2, -0.15) is 0 Å². The number of pyridine rings is 1. The van der Waals surface area contributed by atoms with Gasteiger partial charge in [-0.05, 0) is 18.4 Å². The van der Waals surface area contributed by atoms with Crippen LogP contribution in [0.3, 0.4) is 0 Å². The highest BCUT2D eigenvalue weighted by Gasteiger charge is 2.34. The van der Waals surface area contributed by atoms with E-state index in [9.17, 15) is 9.59 Å². The van der Waals surface area contributed by atoms with Gasteiger partial charge in [-0.25, -0.2) is 0 Å². The average molecular weight is 247 g/mol. The normalized spacial score (nSPS) is 23.7. The summed E-state index contributed by atoms with van der Waals surface area (Å²) in [6.07, 6.45) is 3.87. The molecule has 1 aliphatic heterocycles. The van der Waals surface area contributed by atoms with Gasteiger partial charge in [0, 0.05) is 18.0 Å². The van der Waals surface area contributed by atoms with Gasteiger partial charge >= 0.3 is 0 Å². The molecule has 96 valence electrons. The Hall–Kier alpha value is -1.91. The van der Waals surface area contributed by atoms with Crippen LogP contribution in [-0.2, 0) is 9.59 Å². The largest absolute Gasteiger partial charge is 0.342 e. The van der Waals surface area contributed by atoms with Gasteiger partial charge in [0.25, 0.3) is 0 Å². The van der Waals surface area contributed by atoms with Crippen LogP contribution in [0.15, 0.2) is 24.5 Å². The Morgan fingerprint density at radius 3 is 2.67 bits per heavy atom. The summed E-state index contributed by atoms with van der Waals surface area (Å²) < 4.78 is 0. The number of carbonyl (C=O) groups excluding carboxylic acids is 2. The summed E-state index contributed by atoms with van der Waals surface area (Å²) in [5, 5.41) is 5.51. The van der Waals surface area contributed by atoms with E-state index in [0.717, 1.165) is 0 Å². The van der Waals surface area contributed by atoms with E-state index in [1.165, 1.54) is 0 Å². The Kier molecular flexibility index (Phi) is 3.60. The van der Waals surface area contributed by atoms with Crippen LogP contribution in [0.1, 0.15) is 31.9 Å². The zero-order valence-corrected chi connectivity index (χ0v) is 10.5. The number of nitrogens with zero attached hydrogens (tertiary/aromatic N) is 1. The second-order valence-electron chi connectivity index (χ2n) is 4.92. The number of hydrogen-bond acceptors (Lipinski definition) is 3. The molecule has 0 bridgehead atoms. The van der Waals surface area contributed by atoms with Crippen molar-refractivity contribution in [2.24, 2.45) is 5.92 Å². The molecule has 1 fully saturated rings. The molecule has 5 heteroatoms. The molecule has 18 heavy (non-hydrogen) atoms. The van der Waals surface area contributed by atoms with Crippen LogP contribution >= 0.6 is 0 Å². The topological polar surface area (TPSA) is 71.1 Å². The summed E-state index contributed by atoms with van der Waals surface area (Å²) in [5.74, 6) is 0.0568. The lowest BCUT2D eigenvalue weighted by atomic mass is 9.98. The van der Waals surface area contributed by atoms with Crippen LogP contribution in [0, 0.1) is 5.92 Å². The van der Waals surface area contributed by atoms with E-state index in [1.54, 1.807) is 24.5 Å². The molecule has 2 N–H and O–H groups in total. The Balaban J connectivity index is 2.11. The van der Waals surface area contributed by atoms with Gasteiger partial charge < -0.3 is 10.6 Å². The van der Waals surface area contributed by atoms with E-state index in [-0.39, 0.29) is 11.8 Å². The SMILES string of the molecule is CC(C)CC1NC(=O)C(c2cccnc2)NC1=O. The maximum absolute atomic E-state index is 12.0. The Morgan fingerprint density at radius 1 is 1.28 bits per heavy atom. The monoisotopic (exact) mass is 247 g/mol. The molecule has 2 atom stereocenters. The van der Waals surface area contributed by atoms with E-state index in [2.05, 4.69) is 15.6 Å². The molecule has 1 aromatic heterocycles. The summed E-state index contributed by atoms with van der Waals surface area (Å²) >= 11 is 0. The Morgan fingerprint density at radius 2 is 2.06 bits per heavy atom. The zero-order chi connectivity index (χ0) is 13.1. The van der Waals surface area contributed by atoms with Gasteiger partial charge in [-0.3, -0.25) is 14.6 Å². The number of aromatic nitrogens is 1. The molecule has 0 aliphatic carbocycles. The van der Waals surface area contributed by atoms with Crippen LogP contribution in [0.4, 0.5) is 0 Å². The van der Waals surface area contributed by atoms with E-state index in [4.69, 9.17) is 0 Å². The molecule has 0 saturated carbocycles. The highest BCUT2D eigenvalue weighted by atomic mass is 16.2. The molecule has 0 radical (unpaired) electrons. The van der Waals surface area contributed by atoms with E-state index in [0.29, 0.717) is 17.9 Å². The minimum atomic E-state index is -0.630. The minimum Gasteiger partial charge on any atom is -0.342 e. The van der Waals surface area contributed by atoms with Crippen LogP contribution in [-0.4, -0.2) is 22.8 Å². The van der Waals surface area contributed by atoms with E-state index in [1.807, 2.05) is 13.8 Å². The minimum absolute atomic E-state index is 0.128. The lowest BCUT2D eigenvalue weighted by Gasteiger charge is -2.30. The number of rotatable bonds is 3. The summed E-state index contributed by atoms with van der Waals surface area (Å²) in [4.78, 5) is 27.8. The first-order chi connectivity index (χ1) is 8.58. The Bertz CT molecular complexity index is 445. The van der Waals surface area contributed by atoms with Gasteiger partial charge in [0.15, 0.2) is 0 Å². The van der Waals surface area contributed by atoms with Crippen molar-refractivity contribution in [2.45, 2.75) is 32.4 Å². The predicted molar refractivity (Wildman–Crippen MR) is 66.5 cm³/mol. The van der Waals surface area contributed by atoms with Crippen molar-refractivity contribution in [2.75, 3.05) is 0 Å². The number of hydrogen-bond donors (Lipinski definition) is 2. The summed E-state index contributed by atoms with van der Waals surface area (Å²) in [6, 6.07) is 2.47. The van der Waals surface area contributed by atoms with Gasteiger partial charge in [0.1, 0.15) is 12.1 Å². The summed E-state index contributed by atoms with van der Waals surface area (Å²) in [7, 11) is 0. The number of carbonyl (C=O) groups is 2. The van der Waals surface area contributed by atoms with Crippen LogP contribution in [0.5, 0.6) is 0 Å². The fourth-order valence-corrected chi connectivity index (χ4v) is 2.05. The van der Waals surface area contributed by atoms with Crippen molar-refractivity contribution < 1.29 is 9.59 Å². The standard InChI is InChI=1S/C13H17N3O2/c1-8(2)6-10-12(17)16-11(13(18)15-10)9-4-3-5-14-7-9/h3-5,7-8,10-11H,6H2,1-2H3,(H,15,18)(H,16,17). The van der Waals surface area contributed by atoms with Crippen molar-refractivity contribution in [3.63, 3.8) is 0 Å². The smallest absolute Gasteiger partial charge is 0.247 e. The number of nitrogens with one attached hydrogen (secondary N) is 2. The molecule has 0 aromatic carbocycles. The highest BCUT2D eigenvalue weighted by molar-refractivity contribution is 5.97. The lowest BCUT2D eigenvalue weighted by Crippen LogP contribution is -2.57. The lowest BCUT2D eigenvalue weighted by molar-refractivity contribution is -0.137. The van der Waals surface area contributed by atoms with Gasteiger partial charge in [0.2, 0.25) is 11.8 Å². The molecule has 2 amide bonds. The third-order valence-corrected chi connectivity index (χ3v) is 2.91. The molecule has 1 saturated heterocycles. The Labute approximate surface area is 106 Å². The molecule has 1 aromatic rings. The van der Waals surface area contributed by atoms with Crippen LogP contribution in [0.2, 0.25) is 0 Å². The van der Waals surface area contributed by atoms with Gasteiger partial charge in [-0.1, -0.05) is 19.9 Å². The van der Waals surface area contributed by atoms with Crippen molar-refractivity contribution in [3.05, 3.63) is 30.1 Å². The van der Waals surface area contributed by atoms with Crippen LogP contribution < -0.4 is 10.6 Å². The first kappa shape index (κ1) is 12.5. The van der Waals surface area contributed by atoms with Crippen molar-refractivity contribution >= 4 is 11.8 Å². The molecule has 1 aliphatic rings. The van der Waals surface area contributed by atoms with Gasteiger partial charge in [-0.15, -0.1) is 0 Å². The van der Waals surface area contributed by atoms with Crippen LogP contribution in [0.25, 0.3) is 0 Å². The maximum Gasteiger partial charge on any atom is 0.247 e.